The molecule has 10 aromatic rings. The highest BCUT2D eigenvalue weighted by molar-refractivity contribution is 5.95. The number of hydrogen-bond acceptors (Lipinski definition) is 10. The first-order valence-electron chi connectivity index (χ1n) is 47.0. The van der Waals surface area contributed by atoms with Gasteiger partial charge in [-0.3, -0.25) is 24.0 Å². The maximum absolute atomic E-state index is 13.0. The van der Waals surface area contributed by atoms with E-state index in [-0.39, 0.29) is 114 Å². The summed E-state index contributed by atoms with van der Waals surface area (Å²) in [5, 5.41) is 0. The minimum absolute atomic E-state index is 0.00628. The van der Waals surface area contributed by atoms with Crippen LogP contribution in [-0.2, 0) is 84.5 Å². The van der Waals surface area contributed by atoms with Gasteiger partial charge < -0.3 is 23.7 Å². The van der Waals surface area contributed by atoms with E-state index in [4.69, 9.17) is 23.7 Å². The van der Waals surface area contributed by atoms with E-state index < -0.39 is 0 Å². The van der Waals surface area contributed by atoms with Gasteiger partial charge in [-0.1, -0.05) is 389 Å². The molecule has 0 amide bonds. The largest absolute Gasteiger partial charge is 0.425 e. The molecule has 0 aliphatic carbocycles. The van der Waals surface area contributed by atoms with E-state index >= 15 is 0 Å². The second-order valence-corrected chi connectivity index (χ2v) is 48.0. The maximum atomic E-state index is 13.0. The van der Waals surface area contributed by atoms with Gasteiger partial charge in [0.2, 0.25) is 0 Å². The van der Waals surface area contributed by atoms with Crippen molar-refractivity contribution in [2.24, 2.45) is 0 Å². The summed E-state index contributed by atoms with van der Waals surface area (Å²) in [5.74, 6) is 1.31. The van der Waals surface area contributed by atoms with Crippen LogP contribution in [0.2, 0.25) is 0 Å². The summed E-state index contributed by atoms with van der Waals surface area (Å²) >= 11 is 0. The van der Waals surface area contributed by atoms with Gasteiger partial charge in [0.1, 0.15) is 58.3 Å². The number of aryl methyl sites for hydroxylation is 9. The summed E-state index contributed by atoms with van der Waals surface area (Å²) in [5.41, 5.74) is 32.3. The molecule has 0 N–H and O–H groups in total. The second kappa shape index (κ2) is 35.9. The van der Waals surface area contributed by atoms with Crippen molar-refractivity contribution < 1.29 is 47.7 Å². The zero-order chi connectivity index (χ0) is 97.0. The number of carbonyl (C=O) groups is 5. The van der Waals surface area contributed by atoms with E-state index in [1.807, 2.05) is 12.1 Å². The second-order valence-electron chi connectivity index (χ2n) is 48.0. The lowest BCUT2D eigenvalue weighted by atomic mass is 9.77. The fourth-order valence-corrected chi connectivity index (χ4v) is 18.0. The normalized spacial score (nSPS) is 17.2. The van der Waals surface area contributed by atoms with Gasteiger partial charge in [-0.2, -0.15) is 0 Å². The van der Waals surface area contributed by atoms with Gasteiger partial charge >= 0.3 is 29.8 Å². The average molecular weight is 1750 g/mol. The van der Waals surface area contributed by atoms with Gasteiger partial charge in [-0.15, -0.1) is 0 Å². The molecule has 10 nitrogen and oxygen atoms in total. The van der Waals surface area contributed by atoms with Crippen molar-refractivity contribution >= 4 is 29.8 Å². The highest BCUT2D eigenvalue weighted by Gasteiger charge is 2.47. The summed E-state index contributed by atoms with van der Waals surface area (Å²) in [6.45, 7) is 84.6. The van der Waals surface area contributed by atoms with Crippen LogP contribution in [0.25, 0.3) is 0 Å². The third-order valence-electron chi connectivity index (χ3n) is 26.5. The number of benzene rings is 10. The van der Waals surface area contributed by atoms with Gasteiger partial charge in [0.15, 0.2) is 0 Å². The Morgan fingerprint density at radius 2 is 0.462 bits per heavy atom. The van der Waals surface area contributed by atoms with Crippen molar-refractivity contribution in [3.8, 4) is 28.7 Å². The summed E-state index contributed by atoms with van der Waals surface area (Å²) in [4.78, 5) is 64.3. The highest BCUT2D eigenvalue weighted by Crippen LogP contribution is 2.55. The van der Waals surface area contributed by atoms with E-state index in [0.717, 1.165) is 141 Å². The predicted molar refractivity (Wildman–Crippen MR) is 536 cm³/mol. The summed E-state index contributed by atoms with van der Waals surface area (Å²) in [6, 6.07) is 55.5. The molecule has 5 aliphatic rings. The molecular weight excluding hydrogens is 1600 g/mol. The Morgan fingerprint density at radius 1 is 0.208 bits per heavy atom. The van der Waals surface area contributed by atoms with E-state index in [1.54, 1.807) is 0 Å². The molecule has 0 spiro atoms. The zero-order valence-electron chi connectivity index (χ0n) is 86.2. The lowest BCUT2D eigenvalue weighted by Gasteiger charge is -2.27. The van der Waals surface area contributed by atoms with Crippen LogP contribution in [0.1, 0.15) is 406 Å². The molecule has 0 radical (unpaired) electrons. The standard InChI is InChI=1S/C25H32O2.3C24H30O2.C23H28O2/c1-9-16-10-11-18(15(2)12-16)21-19-13-17(24(3,4)5)14-20(25(6,7)8)22(19)27-23(21)26;1-14-9-10-16(11-15(14)2)20-18-12-17(23(3,4)5)13-19(24(6,7)8)21(18)26-22(20)25;1-14-9-10-17(15(2)11-14)20-18-12-16(23(3,4)5)13-19(24(6,7)8)21(18)26-22(20)25;1-14-9-10-15(2)17(11-14)20-18-12-16(23(3,4)5)13-19(24(6,7)8)21(18)26-22(20)25;1-14-8-10-15(11-9-14)19-17-12-16(22(2,3)4)13-18(23(5,6)7)20(17)25-21(19)24/h10-14,21H,9H2,1-8H3;3*9-13,20H,1-8H3;8-13,19H,1-7H3. The number of hydrogen-bond donors (Lipinski definition) is 0. The Balaban J connectivity index is 0.000000157. The number of rotatable bonds is 6. The van der Waals surface area contributed by atoms with E-state index in [2.05, 4.69) is 416 Å². The summed E-state index contributed by atoms with van der Waals surface area (Å²) in [6.07, 6.45) is 0.995. The topological polar surface area (TPSA) is 132 Å². The van der Waals surface area contributed by atoms with Gasteiger partial charge in [-0.05, 0) is 205 Å². The first-order chi connectivity index (χ1) is 59.6. The highest BCUT2D eigenvalue weighted by atomic mass is 16.6. The van der Waals surface area contributed by atoms with Gasteiger partial charge in [-0.25, -0.2) is 0 Å². The molecule has 5 heterocycles. The fraction of sp³-hybridized carbons (Fsp3) is 0.458. The van der Waals surface area contributed by atoms with Crippen LogP contribution in [0, 0.1) is 55.4 Å². The van der Waals surface area contributed by atoms with Crippen molar-refractivity contribution in [2.45, 2.75) is 360 Å². The van der Waals surface area contributed by atoms with Crippen molar-refractivity contribution in [1.82, 2.24) is 0 Å². The molecule has 10 heteroatoms. The molecule has 0 aromatic heterocycles. The lowest BCUT2D eigenvalue weighted by Crippen LogP contribution is -2.17. The number of esters is 5. The van der Waals surface area contributed by atoms with Crippen molar-refractivity contribution in [3.05, 3.63) is 319 Å². The van der Waals surface area contributed by atoms with Crippen LogP contribution in [0.4, 0.5) is 0 Å². The molecule has 0 saturated carbocycles. The minimum Gasteiger partial charge on any atom is -0.425 e. The SMILES string of the molecule is CCc1ccc(C2C(=O)Oc3c2cc(C(C)(C)C)cc3C(C)(C)C)c(C)c1.Cc1ccc(C)c(C2C(=O)Oc3c2cc(C(C)(C)C)cc3C(C)(C)C)c1.Cc1ccc(C2C(=O)Oc3c2cc(C(C)(C)C)cc3C(C)(C)C)c(C)c1.Cc1ccc(C2C(=O)Oc3c2cc(C(C)(C)C)cc3C(C)(C)C)cc1.Cc1ccc(C2C(=O)Oc3c2cc(C(C)(C)C)cc3C(C)(C)C)cc1C. The van der Waals surface area contributed by atoms with Crippen molar-refractivity contribution in [3.63, 3.8) is 0 Å². The smallest absolute Gasteiger partial charge is 0.323 e. The molecular formula is C120H150O10. The Kier molecular flexibility index (Phi) is 27.7. The zero-order valence-corrected chi connectivity index (χ0v) is 86.2. The summed E-state index contributed by atoms with van der Waals surface area (Å²) in [7, 11) is 0. The third kappa shape index (κ3) is 21.3. The lowest BCUT2D eigenvalue weighted by molar-refractivity contribution is -0.134. The van der Waals surface area contributed by atoms with E-state index in [9.17, 15) is 24.0 Å². The minimum atomic E-state index is -0.340. The number of ether oxygens (including phenoxy) is 5. The Morgan fingerprint density at radius 3 is 0.754 bits per heavy atom. The molecule has 0 saturated heterocycles. The van der Waals surface area contributed by atoms with Crippen LogP contribution in [0.5, 0.6) is 28.7 Å². The van der Waals surface area contributed by atoms with Gasteiger partial charge in [0.25, 0.3) is 0 Å². The molecule has 5 aliphatic heterocycles. The maximum Gasteiger partial charge on any atom is 0.323 e. The molecule has 10 aromatic carbocycles. The van der Waals surface area contributed by atoms with Crippen LogP contribution in [0.15, 0.2) is 158 Å². The molecule has 690 valence electrons. The Labute approximate surface area is 780 Å². The van der Waals surface area contributed by atoms with E-state index in [1.165, 1.54) is 55.6 Å². The molecule has 0 bridgehead atoms. The van der Waals surface area contributed by atoms with Crippen LogP contribution >= 0.6 is 0 Å². The van der Waals surface area contributed by atoms with Gasteiger partial charge in [0, 0.05) is 55.6 Å². The van der Waals surface area contributed by atoms with Gasteiger partial charge in [0.05, 0.1) is 0 Å². The Bertz CT molecular complexity index is 6060. The third-order valence-corrected chi connectivity index (χ3v) is 26.5. The molecule has 5 unspecified atom stereocenters. The number of carbonyl (C=O) groups excluding carboxylic acids is 5. The van der Waals surface area contributed by atoms with Crippen LogP contribution in [0.3, 0.4) is 0 Å². The number of fused-ring (bicyclic) bond motifs is 5. The molecule has 0 fully saturated rings. The predicted octanol–water partition coefficient (Wildman–Crippen LogP) is 29.7. The average Bonchev–Trinajstić information content (AvgIpc) is 1.60. The van der Waals surface area contributed by atoms with Crippen LogP contribution in [-0.4, -0.2) is 29.8 Å². The van der Waals surface area contributed by atoms with Crippen molar-refractivity contribution in [1.29, 1.82) is 0 Å². The van der Waals surface area contributed by atoms with E-state index in [0.29, 0.717) is 0 Å². The fourth-order valence-electron chi connectivity index (χ4n) is 18.0. The first-order valence-corrected chi connectivity index (χ1v) is 47.0. The quantitative estimate of drug-likeness (QED) is 0.117. The Hall–Kier alpha value is -10.5. The van der Waals surface area contributed by atoms with Crippen molar-refractivity contribution in [2.75, 3.05) is 0 Å². The molecule has 5 atom stereocenters. The first kappa shape index (κ1) is 100. The van der Waals surface area contributed by atoms with Crippen LogP contribution < -0.4 is 23.7 Å². The molecule has 15 rings (SSSR count). The summed E-state index contributed by atoms with van der Waals surface area (Å²) < 4.78 is 29.2. The monoisotopic (exact) mass is 1750 g/mol. The molecule has 130 heavy (non-hydrogen) atoms.